The van der Waals surface area contributed by atoms with Crippen molar-refractivity contribution in [3.63, 3.8) is 0 Å². The van der Waals surface area contributed by atoms with Gasteiger partial charge in [0.1, 0.15) is 12.1 Å². The maximum Gasteiger partial charge on any atom is 0.246 e. The molecule has 4 unspecified atom stereocenters. The number of piperazine rings is 1. The van der Waals surface area contributed by atoms with Crippen molar-refractivity contribution in [1.29, 1.82) is 0 Å². The van der Waals surface area contributed by atoms with E-state index in [2.05, 4.69) is 5.32 Å². The number of hydrogen-bond acceptors (Lipinski definition) is 4. The number of hydrogen-bond donors (Lipinski definition) is 1. The Balaban J connectivity index is 2.26. The fraction of sp³-hybridized carbons (Fsp3) is 0.857. The largest absolute Gasteiger partial charge is 0.342 e. The van der Waals surface area contributed by atoms with Gasteiger partial charge in [0.15, 0.2) is 9.84 Å². The van der Waals surface area contributed by atoms with Crippen LogP contribution in [0, 0.1) is 5.92 Å². The van der Waals surface area contributed by atoms with Gasteiger partial charge in [-0.15, -0.1) is 0 Å². The van der Waals surface area contributed by atoms with Crippen LogP contribution < -0.4 is 5.32 Å². The summed E-state index contributed by atoms with van der Waals surface area (Å²) in [7, 11) is -3.11. The van der Waals surface area contributed by atoms with Crippen LogP contribution in [0.3, 0.4) is 0 Å². The molecular formula is C14H24N2O4S. The number of sulfone groups is 1. The highest BCUT2D eigenvalue weighted by atomic mass is 32.2. The Hall–Kier alpha value is -1.11. The predicted molar refractivity (Wildman–Crippen MR) is 79.4 cm³/mol. The SMILES string of the molecule is CCC(C)C1NC(=O)C(C)N(C2CCCS(=O)(=O)C2)C1=O. The molecule has 0 aromatic carbocycles. The lowest BCUT2D eigenvalue weighted by molar-refractivity contribution is -0.152. The molecule has 2 amide bonds. The lowest BCUT2D eigenvalue weighted by atomic mass is 9.93. The number of nitrogens with zero attached hydrogens (tertiary/aromatic N) is 1. The van der Waals surface area contributed by atoms with Gasteiger partial charge in [0, 0.05) is 6.04 Å². The summed E-state index contributed by atoms with van der Waals surface area (Å²) in [6, 6.07) is -1.51. The summed E-state index contributed by atoms with van der Waals surface area (Å²) in [6.45, 7) is 5.56. The van der Waals surface area contributed by atoms with E-state index >= 15 is 0 Å². The van der Waals surface area contributed by atoms with E-state index in [1.165, 1.54) is 4.90 Å². The van der Waals surface area contributed by atoms with Crippen molar-refractivity contribution in [3.05, 3.63) is 0 Å². The summed E-state index contributed by atoms with van der Waals surface area (Å²) in [5.74, 6) is -0.136. The maximum atomic E-state index is 12.7. The van der Waals surface area contributed by atoms with Crippen LogP contribution in [0.25, 0.3) is 0 Å². The Morgan fingerprint density at radius 1 is 1.38 bits per heavy atom. The van der Waals surface area contributed by atoms with Crippen LogP contribution in [-0.4, -0.2) is 54.8 Å². The standard InChI is InChI=1S/C14H24N2O4S/c1-4-9(2)12-14(18)16(10(3)13(17)15-12)11-6-5-7-21(19,20)8-11/h9-12H,4-8H2,1-3H3,(H,15,17). The van der Waals surface area contributed by atoms with Gasteiger partial charge >= 0.3 is 0 Å². The summed E-state index contributed by atoms with van der Waals surface area (Å²) in [5, 5.41) is 2.78. The highest BCUT2D eigenvalue weighted by molar-refractivity contribution is 7.91. The summed E-state index contributed by atoms with van der Waals surface area (Å²) in [5.41, 5.74) is 0. The van der Waals surface area contributed by atoms with E-state index in [0.29, 0.717) is 12.8 Å². The van der Waals surface area contributed by atoms with Crippen LogP contribution in [0.4, 0.5) is 0 Å². The van der Waals surface area contributed by atoms with E-state index in [4.69, 9.17) is 0 Å². The molecule has 0 spiro atoms. The summed E-state index contributed by atoms with van der Waals surface area (Å²) < 4.78 is 23.7. The second kappa shape index (κ2) is 5.94. The molecule has 120 valence electrons. The number of rotatable bonds is 3. The molecule has 0 saturated carbocycles. The minimum absolute atomic E-state index is 0.0242. The minimum atomic E-state index is -3.11. The Kier molecular flexibility index (Phi) is 4.60. The Morgan fingerprint density at radius 3 is 2.62 bits per heavy atom. The van der Waals surface area contributed by atoms with Crippen molar-refractivity contribution in [2.45, 2.75) is 58.2 Å². The Morgan fingerprint density at radius 2 is 2.05 bits per heavy atom. The lowest BCUT2D eigenvalue weighted by Crippen LogP contribution is -2.67. The average Bonchev–Trinajstić information content (AvgIpc) is 2.41. The van der Waals surface area contributed by atoms with Crippen molar-refractivity contribution >= 4 is 21.7 Å². The summed E-state index contributed by atoms with van der Waals surface area (Å²) in [4.78, 5) is 26.4. The minimum Gasteiger partial charge on any atom is -0.342 e. The first-order valence-electron chi connectivity index (χ1n) is 7.59. The topological polar surface area (TPSA) is 83.6 Å². The Bertz CT molecular complexity index is 531. The van der Waals surface area contributed by atoms with Crippen LogP contribution >= 0.6 is 0 Å². The van der Waals surface area contributed by atoms with Crippen LogP contribution in [0.1, 0.15) is 40.0 Å². The third kappa shape index (κ3) is 3.22. The molecule has 7 heteroatoms. The lowest BCUT2D eigenvalue weighted by Gasteiger charge is -2.44. The predicted octanol–water partition coefficient (Wildman–Crippen LogP) is 0.325. The molecule has 0 aliphatic carbocycles. The molecule has 0 bridgehead atoms. The van der Waals surface area contributed by atoms with Crippen molar-refractivity contribution in [2.75, 3.05) is 11.5 Å². The summed E-state index contributed by atoms with van der Waals surface area (Å²) >= 11 is 0. The van der Waals surface area contributed by atoms with E-state index in [9.17, 15) is 18.0 Å². The van der Waals surface area contributed by atoms with Crippen molar-refractivity contribution in [3.8, 4) is 0 Å². The van der Waals surface area contributed by atoms with Crippen LogP contribution in [0.5, 0.6) is 0 Å². The second-order valence-corrected chi connectivity index (χ2v) is 8.43. The molecule has 1 N–H and O–H groups in total. The second-order valence-electron chi connectivity index (χ2n) is 6.20. The smallest absolute Gasteiger partial charge is 0.246 e. The van der Waals surface area contributed by atoms with Gasteiger partial charge in [-0.1, -0.05) is 20.3 Å². The van der Waals surface area contributed by atoms with Crippen LogP contribution in [0.2, 0.25) is 0 Å². The van der Waals surface area contributed by atoms with Crippen LogP contribution in [0.15, 0.2) is 0 Å². The molecule has 2 aliphatic heterocycles. The zero-order valence-electron chi connectivity index (χ0n) is 12.8. The van der Waals surface area contributed by atoms with Gasteiger partial charge in [0.05, 0.1) is 11.5 Å². The first-order valence-corrected chi connectivity index (χ1v) is 9.42. The van der Waals surface area contributed by atoms with Gasteiger partial charge in [0.25, 0.3) is 0 Å². The van der Waals surface area contributed by atoms with Gasteiger partial charge in [-0.05, 0) is 25.7 Å². The molecule has 2 fully saturated rings. The van der Waals surface area contributed by atoms with E-state index in [1.807, 2.05) is 13.8 Å². The van der Waals surface area contributed by atoms with E-state index in [-0.39, 0.29) is 35.3 Å². The van der Waals surface area contributed by atoms with E-state index in [1.54, 1.807) is 6.92 Å². The molecule has 0 aromatic rings. The molecule has 6 nitrogen and oxygen atoms in total. The van der Waals surface area contributed by atoms with Gasteiger partial charge < -0.3 is 10.2 Å². The third-order valence-electron chi connectivity index (χ3n) is 4.66. The zero-order chi connectivity index (χ0) is 15.8. The van der Waals surface area contributed by atoms with Crippen molar-refractivity contribution in [2.24, 2.45) is 5.92 Å². The zero-order valence-corrected chi connectivity index (χ0v) is 13.6. The fourth-order valence-corrected chi connectivity index (χ4v) is 4.84. The third-order valence-corrected chi connectivity index (χ3v) is 6.46. The molecule has 0 radical (unpaired) electrons. The van der Waals surface area contributed by atoms with Crippen LogP contribution in [-0.2, 0) is 19.4 Å². The molecule has 0 aromatic heterocycles. The number of carbonyl (C=O) groups is 2. The number of carbonyl (C=O) groups excluding carboxylic acids is 2. The normalized spacial score (nSPS) is 34.4. The first-order chi connectivity index (χ1) is 9.76. The molecular weight excluding hydrogens is 292 g/mol. The molecule has 2 saturated heterocycles. The van der Waals surface area contributed by atoms with Crippen molar-refractivity contribution < 1.29 is 18.0 Å². The number of amides is 2. The Labute approximate surface area is 126 Å². The average molecular weight is 316 g/mol. The summed E-state index contributed by atoms with van der Waals surface area (Å²) in [6.07, 6.45) is 1.98. The molecule has 2 heterocycles. The molecule has 2 rings (SSSR count). The molecule has 4 atom stereocenters. The van der Waals surface area contributed by atoms with E-state index in [0.717, 1.165) is 6.42 Å². The van der Waals surface area contributed by atoms with E-state index < -0.39 is 21.9 Å². The van der Waals surface area contributed by atoms with Gasteiger partial charge in [-0.3, -0.25) is 9.59 Å². The highest BCUT2D eigenvalue weighted by Gasteiger charge is 2.44. The first kappa shape index (κ1) is 16.3. The van der Waals surface area contributed by atoms with Gasteiger partial charge in [-0.25, -0.2) is 8.42 Å². The van der Waals surface area contributed by atoms with Gasteiger partial charge in [0.2, 0.25) is 11.8 Å². The highest BCUT2D eigenvalue weighted by Crippen LogP contribution is 2.25. The quantitative estimate of drug-likeness (QED) is 0.813. The van der Waals surface area contributed by atoms with Crippen molar-refractivity contribution in [1.82, 2.24) is 10.2 Å². The number of nitrogens with one attached hydrogen (secondary N) is 1. The fourth-order valence-electron chi connectivity index (χ4n) is 3.15. The monoisotopic (exact) mass is 316 g/mol. The van der Waals surface area contributed by atoms with Gasteiger partial charge in [-0.2, -0.15) is 0 Å². The maximum absolute atomic E-state index is 12.7. The molecule has 2 aliphatic rings. The molecule has 21 heavy (non-hydrogen) atoms.